The van der Waals surface area contributed by atoms with E-state index < -0.39 is 0 Å². The van der Waals surface area contributed by atoms with Crippen LogP contribution in [-0.4, -0.2) is 60.0 Å². The summed E-state index contributed by atoms with van der Waals surface area (Å²) >= 11 is 0. The second-order valence-corrected chi connectivity index (χ2v) is 8.02. The van der Waals surface area contributed by atoms with Gasteiger partial charge in [-0.2, -0.15) is 0 Å². The van der Waals surface area contributed by atoms with Gasteiger partial charge in [0, 0.05) is 51.7 Å². The minimum absolute atomic E-state index is 0.0784. The van der Waals surface area contributed by atoms with Crippen molar-refractivity contribution in [3.8, 4) is 0 Å². The first kappa shape index (κ1) is 19.7. The summed E-state index contributed by atoms with van der Waals surface area (Å²) in [6.45, 7) is 4.79. The Hall–Kier alpha value is -2.63. The number of benzene rings is 2. The summed E-state index contributed by atoms with van der Waals surface area (Å²) in [5.41, 5.74) is 2.33. The molecule has 29 heavy (non-hydrogen) atoms. The van der Waals surface area contributed by atoms with Crippen LogP contribution in [0.15, 0.2) is 60.8 Å². The third-order valence-electron chi connectivity index (χ3n) is 6.03. The Bertz CT molecular complexity index is 966. The average Bonchev–Trinajstić information content (AvgIpc) is 3.15. The number of rotatable bonds is 6. The smallest absolute Gasteiger partial charge is 0.224 e. The molecule has 1 aliphatic rings. The molecule has 0 bridgehead atoms. The number of amides is 1. The second-order valence-electron chi connectivity index (χ2n) is 8.02. The van der Waals surface area contributed by atoms with Crippen LogP contribution in [0.1, 0.15) is 17.3 Å². The molecule has 1 atom stereocenters. The van der Waals surface area contributed by atoms with Crippen LogP contribution in [0.5, 0.6) is 0 Å². The highest BCUT2D eigenvalue weighted by molar-refractivity contribution is 5.90. The molecule has 1 aliphatic heterocycles. The van der Waals surface area contributed by atoms with Gasteiger partial charge in [0.25, 0.3) is 0 Å². The Kier molecular flexibility index (Phi) is 5.97. The first-order valence-electron chi connectivity index (χ1n) is 10.4. The largest absolute Gasteiger partial charge is 0.354 e. The van der Waals surface area contributed by atoms with E-state index in [4.69, 9.17) is 0 Å². The SMILES string of the molecule is CN1CCN(C(CNC(=O)Cc2cccc3ccccc23)c2cccn2C)CC1. The number of hydrogen-bond donors (Lipinski definition) is 1. The minimum atomic E-state index is 0.0784. The first-order chi connectivity index (χ1) is 14.1. The number of carbonyl (C=O) groups is 1. The zero-order valence-corrected chi connectivity index (χ0v) is 17.3. The summed E-state index contributed by atoms with van der Waals surface area (Å²) in [5.74, 6) is 0.0784. The Labute approximate surface area is 172 Å². The Balaban J connectivity index is 1.45. The normalized spacial score (nSPS) is 16.8. The van der Waals surface area contributed by atoms with Crippen LogP contribution in [0.25, 0.3) is 10.8 Å². The van der Waals surface area contributed by atoms with Crippen molar-refractivity contribution in [2.45, 2.75) is 12.5 Å². The van der Waals surface area contributed by atoms with Gasteiger partial charge in [0.15, 0.2) is 0 Å². The van der Waals surface area contributed by atoms with E-state index in [-0.39, 0.29) is 11.9 Å². The van der Waals surface area contributed by atoms with Crippen molar-refractivity contribution in [3.63, 3.8) is 0 Å². The quantitative estimate of drug-likeness (QED) is 0.704. The second kappa shape index (κ2) is 8.80. The molecule has 4 rings (SSSR count). The molecule has 0 aliphatic carbocycles. The van der Waals surface area contributed by atoms with Crippen LogP contribution in [0, 0.1) is 0 Å². The van der Waals surface area contributed by atoms with Gasteiger partial charge in [-0.15, -0.1) is 0 Å². The third kappa shape index (κ3) is 4.52. The maximum Gasteiger partial charge on any atom is 0.224 e. The maximum atomic E-state index is 12.8. The lowest BCUT2D eigenvalue weighted by Crippen LogP contribution is -2.49. The molecule has 5 heteroatoms. The summed E-state index contributed by atoms with van der Waals surface area (Å²) in [6, 6.07) is 18.9. The molecular weight excluding hydrogens is 360 g/mol. The topological polar surface area (TPSA) is 40.5 Å². The number of nitrogens with zero attached hydrogens (tertiary/aromatic N) is 3. The molecule has 0 radical (unpaired) electrons. The number of piperazine rings is 1. The number of nitrogens with one attached hydrogen (secondary N) is 1. The maximum absolute atomic E-state index is 12.8. The lowest BCUT2D eigenvalue weighted by molar-refractivity contribution is -0.120. The van der Waals surface area contributed by atoms with Crippen molar-refractivity contribution in [1.82, 2.24) is 19.7 Å². The van der Waals surface area contributed by atoms with E-state index in [0.717, 1.165) is 37.1 Å². The summed E-state index contributed by atoms with van der Waals surface area (Å²) < 4.78 is 2.17. The van der Waals surface area contributed by atoms with Gasteiger partial charge in [-0.3, -0.25) is 9.69 Å². The molecule has 0 saturated carbocycles. The predicted molar refractivity (Wildman–Crippen MR) is 118 cm³/mol. The van der Waals surface area contributed by atoms with Crippen molar-refractivity contribution in [1.29, 1.82) is 0 Å². The lowest BCUT2D eigenvalue weighted by atomic mass is 10.0. The van der Waals surface area contributed by atoms with Crippen LogP contribution >= 0.6 is 0 Å². The van der Waals surface area contributed by atoms with Crippen LogP contribution in [0.3, 0.4) is 0 Å². The van der Waals surface area contributed by atoms with E-state index in [2.05, 4.69) is 76.4 Å². The van der Waals surface area contributed by atoms with Gasteiger partial charge in [0.1, 0.15) is 0 Å². The molecule has 3 aromatic rings. The molecule has 1 fully saturated rings. The Morgan fingerprint density at radius 1 is 0.966 bits per heavy atom. The fourth-order valence-corrected chi connectivity index (χ4v) is 4.27. The molecule has 2 heterocycles. The highest BCUT2D eigenvalue weighted by Gasteiger charge is 2.26. The van der Waals surface area contributed by atoms with Gasteiger partial charge < -0.3 is 14.8 Å². The van der Waals surface area contributed by atoms with Crippen LogP contribution in [0.2, 0.25) is 0 Å². The van der Waals surface area contributed by atoms with E-state index in [1.807, 2.05) is 18.2 Å². The number of fused-ring (bicyclic) bond motifs is 1. The molecular formula is C24H30N4O. The van der Waals surface area contributed by atoms with Gasteiger partial charge in [-0.05, 0) is 35.5 Å². The van der Waals surface area contributed by atoms with Gasteiger partial charge in [0.05, 0.1) is 12.5 Å². The molecule has 152 valence electrons. The number of aryl methyl sites for hydroxylation is 1. The van der Waals surface area contributed by atoms with Crippen LogP contribution in [0.4, 0.5) is 0 Å². The molecule has 1 aromatic heterocycles. The van der Waals surface area contributed by atoms with E-state index in [0.29, 0.717) is 13.0 Å². The summed E-state index contributed by atoms with van der Waals surface area (Å²) in [6.07, 6.45) is 2.49. The van der Waals surface area contributed by atoms with Crippen molar-refractivity contribution in [2.75, 3.05) is 39.8 Å². The first-order valence-corrected chi connectivity index (χ1v) is 10.4. The zero-order chi connectivity index (χ0) is 20.2. The highest BCUT2D eigenvalue weighted by Crippen LogP contribution is 2.22. The fourth-order valence-electron chi connectivity index (χ4n) is 4.27. The monoisotopic (exact) mass is 390 g/mol. The van der Waals surface area contributed by atoms with Crippen molar-refractivity contribution in [2.24, 2.45) is 7.05 Å². The van der Waals surface area contributed by atoms with E-state index >= 15 is 0 Å². The van der Waals surface area contributed by atoms with E-state index in [9.17, 15) is 4.79 Å². The number of carbonyl (C=O) groups excluding carboxylic acids is 1. The van der Waals surface area contributed by atoms with Crippen molar-refractivity contribution < 1.29 is 4.79 Å². The third-order valence-corrected chi connectivity index (χ3v) is 6.03. The molecule has 5 nitrogen and oxygen atoms in total. The standard InChI is InChI=1S/C24H30N4O/c1-26-13-15-28(16-14-26)23(22-11-6-12-27(22)2)18-25-24(29)17-20-9-5-8-19-7-3-4-10-21(19)20/h3-12,23H,13-18H2,1-2H3,(H,25,29). The number of hydrogen-bond acceptors (Lipinski definition) is 3. The lowest BCUT2D eigenvalue weighted by Gasteiger charge is -2.38. The summed E-state index contributed by atoms with van der Waals surface area (Å²) in [4.78, 5) is 17.7. The zero-order valence-electron chi connectivity index (χ0n) is 17.3. The van der Waals surface area contributed by atoms with Crippen LogP contribution < -0.4 is 5.32 Å². The van der Waals surface area contributed by atoms with E-state index in [1.165, 1.54) is 11.1 Å². The summed E-state index contributed by atoms with van der Waals surface area (Å²) in [7, 11) is 4.25. The molecule has 0 spiro atoms. The summed E-state index contributed by atoms with van der Waals surface area (Å²) in [5, 5.41) is 5.55. The molecule has 1 N–H and O–H groups in total. The fraction of sp³-hybridized carbons (Fsp3) is 0.375. The molecule has 1 saturated heterocycles. The molecule has 1 unspecified atom stereocenters. The van der Waals surface area contributed by atoms with Gasteiger partial charge >= 0.3 is 0 Å². The minimum Gasteiger partial charge on any atom is -0.354 e. The van der Waals surface area contributed by atoms with Gasteiger partial charge in [-0.1, -0.05) is 42.5 Å². The average molecular weight is 391 g/mol. The van der Waals surface area contributed by atoms with Gasteiger partial charge in [-0.25, -0.2) is 0 Å². The highest BCUT2D eigenvalue weighted by atomic mass is 16.1. The van der Waals surface area contributed by atoms with Crippen molar-refractivity contribution in [3.05, 3.63) is 72.1 Å². The van der Waals surface area contributed by atoms with Gasteiger partial charge in [0.2, 0.25) is 5.91 Å². The molecule has 1 amide bonds. The van der Waals surface area contributed by atoms with Crippen molar-refractivity contribution >= 4 is 16.7 Å². The predicted octanol–water partition coefficient (Wildman–Crippen LogP) is 2.83. The van der Waals surface area contributed by atoms with E-state index in [1.54, 1.807) is 0 Å². The number of aromatic nitrogens is 1. The van der Waals surface area contributed by atoms with Crippen LogP contribution in [-0.2, 0) is 18.3 Å². The number of likely N-dealkylation sites (N-methyl/N-ethyl adjacent to an activating group) is 1. The Morgan fingerprint density at radius 2 is 1.72 bits per heavy atom. The molecule has 2 aromatic carbocycles. The Morgan fingerprint density at radius 3 is 2.48 bits per heavy atom.